The molecule has 5 heteroatoms. The molecule has 0 fully saturated rings. The van der Waals surface area contributed by atoms with Crippen molar-refractivity contribution in [2.75, 3.05) is 0 Å². The molecule has 0 saturated carbocycles. The van der Waals surface area contributed by atoms with Crippen molar-refractivity contribution < 1.29 is 14.6 Å². The molecule has 1 rings (SSSR count). The van der Waals surface area contributed by atoms with Crippen molar-refractivity contribution in [3.63, 3.8) is 0 Å². The van der Waals surface area contributed by atoms with Gasteiger partial charge in [0.25, 0.3) is 0 Å². The zero-order valence-electron chi connectivity index (χ0n) is 8.17. The van der Waals surface area contributed by atoms with Crippen LogP contribution in [-0.4, -0.2) is 22.2 Å². The second-order valence-corrected chi connectivity index (χ2v) is 2.82. The van der Waals surface area contributed by atoms with E-state index in [0.717, 1.165) is 0 Å². The quantitative estimate of drug-likeness (QED) is 0.806. The van der Waals surface area contributed by atoms with Crippen molar-refractivity contribution >= 4 is 5.97 Å². The third-order valence-corrected chi connectivity index (χ3v) is 1.80. The summed E-state index contributed by atoms with van der Waals surface area (Å²) in [5, 5.41) is 17.5. The van der Waals surface area contributed by atoms with E-state index in [0.29, 0.717) is 6.42 Å². The first-order chi connectivity index (χ1) is 7.19. The predicted molar refractivity (Wildman–Crippen MR) is 51.5 cm³/mol. The van der Waals surface area contributed by atoms with Crippen LogP contribution in [0.2, 0.25) is 0 Å². The molecule has 1 aromatic rings. The van der Waals surface area contributed by atoms with Gasteiger partial charge in [0.15, 0.2) is 11.9 Å². The van der Waals surface area contributed by atoms with Gasteiger partial charge in [-0.25, -0.2) is 4.79 Å². The summed E-state index contributed by atoms with van der Waals surface area (Å²) in [6, 6.07) is 3.26. The number of nitrogens with zero attached hydrogens (tertiary/aromatic N) is 2. The van der Waals surface area contributed by atoms with Gasteiger partial charge in [-0.3, -0.25) is 4.98 Å². The van der Waals surface area contributed by atoms with Crippen LogP contribution in [0.1, 0.15) is 23.7 Å². The van der Waals surface area contributed by atoms with Gasteiger partial charge in [0.2, 0.25) is 0 Å². The normalized spacial score (nSPS) is 11.5. The van der Waals surface area contributed by atoms with E-state index in [4.69, 9.17) is 15.1 Å². The summed E-state index contributed by atoms with van der Waals surface area (Å²) in [6.45, 7) is 1.78. The molecule has 0 amide bonds. The van der Waals surface area contributed by atoms with Gasteiger partial charge in [-0.15, -0.1) is 0 Å². The van der Waals surface area contributed by atoms with Gasteiger partial charge in [0.1, 0.15) is 11.6 Å². The van der Waals surface area contributed by atoms with Gasteiger partial charge in [-0.1, -0.05) is 6.92 Å². The number of aromatic carboxylic acids is 1. The first kappa shape index (κ1) is 11.0. The molecule has 0 radical (unpaired) electrons. The van der Waals surface area contributed by atoms with Crippen molar-refractivity contribution in [2.24, 2.45) is 0 Å². The lowest BCUT2D eigenvalue weighted by molar-refractivity contribution is 0.0690. The van der Waals surface area contributed by atoms with Crippen LogP contribution in [-0.2, 0) is 0 Å². The van der Waals surface area contributed by atoms with Gasteiger partial charge in [0, 0.05) is 6.20 Å². The van der Waals surface area contributed by atoms with Crippen LogP contribution in [0, 0.1) is 11.3 Å². The Balaban J connectivity index is 2.94. The molecule has 1 N–H and O–H groups in total. The summed E-state index contributed by atoms with van der Waals surface area (Å²) in [6.07, 6.45) is 2.50. The number of pyridine rings is 1. The zero-order valence-corrected chi connectivity index (χ0v) is 8.17. The highest BCUT2D eigenvalue weighted by Gasteiger charge is 2.14. The topological polar surface area (TPSA) is 83.2 Å². The van der Waals surface area contributed by atoms with E-state index in [9.17, 15) is 4.79 Å². The van der Waals surface area contributed by atoms with Crippen LogP contribution in [0.15, 0.2) is 18.5 Å². The molecule has 0 saturated heterocycles. The molecule has 78 valence electrons. The summed E-state index contributed by atoms with van der Waals surface area (Å²) in [7, 11) is 0. The molecule has 0 aliphatic carbocycles. The number of aromatic nitrogens is 1. The molecular formula is C10H10N2O3. The second-order valence-electron chi connectivity index (χ2n) is 2.82. The monoisotopic (exact) mass is 206 g/mol. The molecule has 0 spiro atoms. The summed E-state index contributed by atoms with van der Waals surface area (Å²) in [4.78, 5) is 14.5. The van der Waals surface area contributed by atoms with Gasteiger partial charge in [0.05, 0.1) is 6.20 Å². The van der Waals surface area contributed by atoms with Crippen molar-refractivity contribution in [2.45, 2.75) is 19.4 Å². The molecule has 0 aliphatic rings. The maximum absolute atomic E-state index is 10.8. The molecule has 1 unspecified atom stereocenters. The van der Waals surface area contributed by atoms with E-state index in [-0.39, 0.29) is 11.3 Å². The Bertz CT molecular complexity index is 398. The first-order valence-electron chi connectivity index (χ1n) is 4.42. The fraction of sp³-hybridized carbons (Fsp3) is 0.300. The smallest absolute Gasteiger partial charge is 0.339 e. The minimum Gasteiger partial charge on any atom is -0.478 e. The van der Waals surface area contributed by atoms with Crippen LogP contribution in [0.3, 0.4) is 0 Å². The van der Waals surface area contributed by atoms with Crippen LogP contribution in [0.4, 0.5) is 0 Å². The summed E-state index contributed by atoms with van der Waals surface area (Å²) < 4.78 is 5.20. The van der Waals surface area contributed by atoms with Gasteiger partial charge >= 0.3 is 5.97 Å². The van der Waals surface area contributed by atoms with Crippen LogP contribution in [0.25, 0.3) is 0 Å². The molecule has 0 aliphatic heterocycles. The highest BCUT2D eigenvalue weighted by Crippen LogP contribution is 2.18. The van der Waals surface area contributed by atoms with Crippen molar-refractivity contribution in [3.8, 4) is 11.8 Å². The van der Waals surface area contributed by atoms with Crippen LogP contribution in [0.5, 0.6) is 5.75 Å². The van der Waals surface area contributed by atoms with Crippen LogP contribution >= 0.6 is 0 Å². The number of ether oxygens (including phenoxy) is 1. The Morgan fingerprint density at radius 3 is 3.07 bits per heavy atom. The summed E-state index contributed by atoms with van der Waals surface area (Å²) in [5.74, 6) is -0.974. The van der Waals surface area contributed by atoms with Gasteiger partial charge in [-0.05, 0) is 12.5 Å². The van der Waals surface area contributed by atoms with E-state index >= 15 is 0 Å². The Morgan fingerprint density at radius 2 is 2.53 bits per heavy atom. The Labute approximate surface area is 86.9 Å². The average Bonchev–Trinajstić information content (AvgIpc) is 2.26. The molecule has 1 atom stereocenters. The van der Waals surface area contributed by atoms with Crippen LogP contribution < -0.4 is 4.74 Å². The Kier molecular flexibility index (Phi) is 3.63. The molecule has 1 heterocycles. The molecule has 0 bridgehead atoms. The SMILES string of the molecule is CCC(C#N)Oc1cnccc1C(=O)O. The molecule has 15 heavy (non-hydrogen) atoms. The molecule has 0 aromatic carbocycles. The minimum absolute atomic E-state index is 0.0127. The fourth-order valence-corrected chi connectivity index (χ4v) is 1.00. The molecule has 5 nitrogen and oxygen atoms in total. The lowest BCUT2D eigenvalue weighted by atomic mass is 10.2. The van der Waals surface area contributed by atoms with E-state index in [2.05, 4.69) is 4.98 Å². The van der Waals surface area contributed by atoms with E-state index in [1.807, 2.05) is 6.07 Å². The maximum atomic E-state index is 10.8. The maximum Gasteiger partial charge on any atom is 0.339 e. The number of carbonyl (C=O) groups is 1. The van der Waals surface area contributed by atoms with Gasteiger partial charge < -0.3 is 9.84 Å². The summed E-state index contributed by atoms with van der Waals surface area (Å²) in [5.41, 5.74) is 0.0127. The van der Waals surface area contributed by atoms with Crippen molar-refractivity contribution in [1.82, 2.24) is 4.98 Å². The second kappa shape index (κ2) is 4.96. The van der Waals surface area contributed by atoms with E-state index < -0.39 is 12.1 Å². The Morgan fingerprint density at radius 1 is 1.80 bits per heavy atom. The lowest BCUT2D eigenvalue weighted by Crippen LogP contribution is -2.14. The summed E-state index contributed by atoms with van der Waals surface area (Å²) >= 11 is 0. The number of hydrogen-bond acceptors (Lipinski definition) is 4. The number of hydrogen-bond donors (Lipinski definition) is 1. The first-order valence-corrected chi connectivity index (χ1v) is 4.42. The van der Waals surface area contributed by atoms with E-state index in [1.54, 1.807) is 6.92 Å². The van der Waals surface area contributed by atoms with E-state index in [1.165, 1.54) is 18.5 Å². The van der Waals surface area contributed by atoms with Crippen molar-refractivity contribution in [3.05, 3.63) is 24.0 Å². The number of carboxylic acid groups (broad SMARTS) is 1. The van der Waals surface area contributed by atoms with Crippen molar-refractivity contribution in [1.29, 1.82) is 5.26 Å². The highest BCUT2D eigenvalue weighted by atomic mass is 16.5. The third-order valence-electron chi connectivity index (χ3n) is 1.80. The fourth-order valence-electron chi connectivity index (χ4n) is 1.00. The predicted octanol–water partition coefficient (Wildman–Crippen LogP) is 1.46. The lowest BCUT2D eigenvalue weighted by Gasteiger charge is -2.11. The largest absolute Gasteiger partial charge is 0.478 e. The van der Waals surface area contributed by atoms with Gasteiger partial charge in [-0.2, -0.15) is 5.26 Å². The minimum atomic E-state index is -1.10. The Hall–Kier alpha value is -2.09. The molecule has 1 aromatic heterocycles. The number of rotatable bonds is 4. The molecular weight excluding hydrogens is 196 g/mol. The average molecular weight is 206 g/mol. The highest BCUT2D eigenvalue weighted by molar-refractivity contribution is 5.90. The third kappa shape index (κ3) is 2.68. The number of carboxylic acids is 1. The standard InChI is InChI=1S/C10H10N2O3/c1-2-7(5-11)15-9-6-12-4-3-8(9)10(13)14/h3-4,6-7H,2H2,1H3,(H,13,14). The number of nitriles is 1. The zero-order chi connectivity index (χ0) is 11.3.